The van der Waals surface area contributed by atoms with Crippen LogP contribution in [0.1, 0.15) is 16.2 Å². The SMILES string of the molecule is O=C(N[C@H]1C=CS(=O)(=O)C1)c1cc(COc2cncc(Cl)c2)on1. The highest BCUT2D eigenvalue weighted by molar-refractivity contribution is 7.94. The summed E-state index contributed by atoms with van der Waals surface area (Å²) in [5, 5.41) is 7.71. The van der Waals surface area contributed by atoms with E-state index in [0.717, 1.165) is 5.41 Å². The van der Waals surface area contributed by atoms with Crippen molar-refractivity contribution in [3.05, 3.63) is 52.5 Å². The maximum atomic E-state index is 12.0. The number of sulfone groups is 1. The van der Waals surface area contributed by atoms with Crippen molar-refractivity contribution in [1.29, 1.82) is 0 Å². The summed E-state index contributed by atoms with van der Waals surface area (Å²) in [6.07, 6.45) is 4.38. The van der Waals surface area contributed by atoms with E-state index in [0.29, 0.717) is 16.5 Å². The van der Waals surface area contributed by atoms with Crippen LogP contribution in [-0.4, -0.2) is 36.3 Å². The number of aromatic nitrogens is 2. The highest BCUT2D eigenvalue weighted by atomic mass is 35.5. The lowest BCUT2D eigenvalue weighted by atomic mass is 10.3. The van der Waals surface area contributed by atoms with E-state index >= 15 is 0 Å². The van der Waals surface area contributed by atoms with Gasteiger partial charge in [-0.25, -0.2) is 8.42 Å². The van der Waals surface area contributed by atoms with Gasteiger partial charge in [0.25, 0.3) is 5.91 Å². The van der Waals surface area contributed by atoms with Gasteiger partial charge in [-0.15, -0.1) is 0 Å². The molecular weight excluding hydrogens is 358 g/mol. The zero-order chi connectivity index (χ0) is 17.2. The molecular formula is C14H12ClN3O5S. The monoisotopic (exact) mass is 369 g/mol. The third-order valence-corrected chi connectivity index (χ3v) is 4.70. The summed E-state index contributed by atoms with van der Waals surface area (Å²) in [7, 11) is -3.24. The van der Waals surface area contributed by atoms with Gasteiger partial charge in [0, 0.05) is 23.7 Å². The van der Waals surface area contributed by atoms with E-state index in [4.69, 9.17) is 20.9 Å². The van der Waals surface area contributed by atoms with Crippen LogP contribution in [-0.2, 0) is 16.4 Å². The van der Waals surface area contributed by atoms with Gasteiger partial charge >= 0.3 is 0 Å². The number of nitrogens with zero attached hydrogens (tertiary/aromatic N) is 2. The molecule has 0 aromatic carbocycles. The molecule has 10 heteroatoms. The lowest BCUT2D eigenvalue weighted by Gasteiger charge is -2.07. The quantitative estimate of drug-likeness (QED) is 0.846. The van der Waals surface area contributed by atoms with Crippen molar-refractivity contribution in [2.75, 3.05) is 5.75 Å². The Morgan fingerprint density at radius 2 is 2.25 bits per heavy atom. The molecule has 2 aromatic rings. The van der Waals surface area contributed by atoms with E-state index in [1.54, 1.807) is 6.07 Å². The van der Waals surface area contributed by atoms with Gasteiger partial charge in [-0.2, -0.15) is 0 Å². The van der Waals surface area contributed by atoms with E-state index in [1.165, 1.54) is 24.5 Å². The van der Waals surface area contributed by atoms with Crippen LogP contribution in [0.4, 0.5) is 0 Å². The number of carbonyl (C=O) groups is 1. The second-order valence-corrected chi connectivity index (χ2v) is 7.41. The molecule has 1 amide bonds. The third kappa shape index (κ3) is 4.12. The molecule has 1 aliphatic rings. The highest BCUT2D eigenvalue weighted by Crippen LogP contribution is 2.17. The molecule has 0 bridgehead atoms. The molecule has 8 nitrogen and oxygen atoms in total. The standard InChI is InChI=1S/C14H12ClN3O5S/c15-9-3-11(6-16-5-9)22-7-12-4-13(18-23-12)14(19)17-10-1-2-24(20,21)8-10/h1-6,10H,7-8H2,(H,17,19)/t10-/m0/s1. The Hall–Kier alpha value is -2.39. The van der Waals surface area contributed by atoms with Crippen molar-refractivity contribution in [2.24, 2.45) is 0 Å². The number of hydrogen-bond donors (Lipinski definition) is 1. The Morgan fingerprint density at radius 3 is 2.96 bits per heavy atom. The Bertz CT molecular complexity index is 893. The smallest absolute Gasteiger partial charge is 0.273 e. The van der Waals surface area contributed by atoms with E-state index in [2.05, 4.69) is 15.5 Å². The molecule has 3 heterocycles. The van der Waals surface area contributed by atoms with Crippen molar-refractivity contribution < 1.29 is 22.5 Å². The average Bonchev–Trinajstić information content (AvgIpc) is 3.12. The van der Waals surface area contributed by atoms with Gasteiger partial charge in [-0.3, -0.25) is 9.78 Å². The average molecular weight is 370 g/mol. The number of amides is 1. The summed E-state index contributed by atoms with van der Waals surface area (Å²) >= 11 is 5.79. The molecule has 0 spiro atoms. The van der Waals surface area contributed by atoms with Gasteiger partial charge in [0.05, 0.1) is 23.0 Å². The molecule has 1 N–H and O–H groups in total. The van der Waals surface area contributed by atoms with Gasteiger partial charge < -0.3 is 14.6 Å². The number of nitrogens with one attached hydrogen (secondary N) is 1. The highest BCUT2D eigenvalue weighted by Gasteiger charge is 2.24. The fourth-order valence-corrected chi connectivity index (χ4v) is 3.42. The second-order valence-electron chi connectivity index (χ2n) is 5.04. The number of halogens is 1. The Labute approximate surface area is 142 Å². The van der Waals surface area contributed by atoms with Crippen LogP contribution < -0.4 is 10.1 Å². The normalized spacial score (nSPS) is 18.5. The number of carbonyl (C=O) groups excluding carboxylic acids is 1. The van der Waals surface area contributed by atoms with Crippen LogP contribution in [0.2, 0.25) is 5.02 Å². The molecule has 0 saturated heterocycles. The van der Waals surface area contributed by atoms with Crippen molar-refractivity contribution >= 4 is 27.3 Å². The van der Waals surface area contributed by atoms with Crippen LogP contribution in [0.3, 0.4) is 0 Å². The van der Waals surface area contributed by atoms with Gasteiger partial charge in [0.1, 0.15) is 12.4 Å². The van der Waals surface area contributed by atoms with Crippen LogP contribution in [0.25, 0.3) is 0 Å². The number of hydrogen-bond acceptors (Lipinski definition) is 7. The molecule has 0 unspecified atom stereocenters. The van der Waals surface area contributed by atoms with Gasteiger partial charge in [-0.1, -0.05) is 16.8 Å². The zero-order valence-electron chi connectivity index (χ0n) is 12.2. The van der Waals surface area contributed by atoms with Crippen LogP contribution >= 0.6 is 11.6 Å². The van der Waals surface area contributed by atoms with E-state index < -0.39 is 21.8 Å². The lowest BCUT2D eigenvalue weighted by molar-refractivity contribution is 0.0938. The Kier molecular flexibility index (Phi) is 4.54. The molecule has 0 aliphatic carbocycles. The van der Waals surface area contributed by atoms with E-state index in [-0.39, 0.29) is 18.1 Å². The van der Waals surface area contributed by atoms with Crippen molar-refractivity contribution in [3.63, 3.8) is 0 Å². The maximum Gasteiger partial charge on any atom is 0.273 e. The minimum Gasteiger partial charge on any atom is -0.484 e. The molecule has 0 radical (unpaired) electrons. The zero-order valence-corrected chi connectivity index (χ0v) is 13.7. The van der Waals surface area contributed by atoms with Crippen LogP contribution in [0.15, 0.2) is 40.5 Å². The van der Waals surface area contributed by atoms with E-state index in [1.807, 2.05) is 0 Å². The first-order chi connectivity index (χ1) is 11.4. The van der Waals surface area contributed by atoms with Gasteiger partial charge in [-0.05, 0) is 6.08 Å². The number of rotatable bonds is 5. The second kappa shape index (κ2) is 6.62. The molecule has 3 rings (SSSR count). The van der Waals surface area contributed by atoms with Gasteiger partial charge in [0.15, 0.2) is 21.3 Å². The summed E-state index contributed by atoms with van der Waals surface area (Å²) < 4.78 is 33.0. The first-order valence-electron chi connectivity index (χ1n) is 6.82. The largest absolute Gasteiger partial charge is 0.484 e. The fourth-order valence-electron chi connectivity index (χ4n) is 2.02. The summed E-state index contributed by atoms with van der Waals surface area (Å²) in [6.45, 7) is 0.0417. The summed E-state index contributed by atoms with van der Waals surface area (Å²) in [4.78, 5) is 15.9. The molecule has 126 valence electrons. The van der Waals surface area contributed by atoms with Crippen molar-refractivity contribution in [1.82, 2.24) is 15.5 Å². The molecule has 0 fully saturated rings. The molecule has 1 atom stereocenters. The fraction of sp³-hybridized carbons (Fsp3) is 0.214. The minimum absolute atomic E-state index is 0.0375. The molecule has 2 aromatic heterocycles. The molecule has 1 aliphatic heterocycles. The maximum absolute atomic E-state index is 12.0. The van der Waals surface area contributed by atoms with Crippen molar-refractivity contribution in [2.45, 2.75) is 12.6 Å². The van der Waals surface area contributed by atoms with Gasteiger partial charge in [0.2, 0.25) is 0 Å². The number of pyridine rings is 1. The van der Waals surface area contributed by atoms with Crippen LogP contribution in [0.5, 0.6) is 5.75 Å². The Balaban J connectivity index is 1.57. The summed E-state index contributed by atoms with van der Waals surface area (Å²) in [6, 6.07) is 2.43. The van der Waals surface area contributed by atoms with Crippen LogP contribution in [0, 0.1) is 0 Å². The third-order valence-electron chi connectivity index (χ3n) is 3.10. The summed E-state index contributed by atoms with van der Waals surface area (Å²) in [5.74, 6) is 0.0935. The Morgan fingerprint density at radius 1 is 1.42 bits per heavy atom. The number of ether oxygens (including phenoxy) is 1. The molecule has 0 saturated carbocycles. The minimum atomic E-state index is -3.24. The summed E-state index contributed by atoms with van der Waals surface area (Å²) in [5.41, 5.74) is 0.0375. The van der Waals surface area contributed by atoms with Crippen molar-refractivity contribution in [3.8, 4) is 5.75 Å². The van der Waals surface area contributed by atoms with E-state index in [9.17, 15) is 13.2 Å². The lowest BCUT2D eigenvalue weighted by Crippen LogP contribution is -2.35. The first kappa shape index (κ1) is 16.5. The topological polar surface area (TPSA) is 111 Å². The molecule has 24 heavy (non-hydrogen) atoms. The predicted octanol–water partition coefficient (Wildman–Crippen LogP) is 1.34. The predicted molar refractivity (Wildman–Crippen MR) is 84.3 cm³/mol. The first-order valence-corrected chi connectivity index (χ1v) is 8.91.